The van der Waals surface area contributed by atoms with Crippen LogP contribution in [0.4, 0.5) is 11.4 Å². The summed E-state index contributed by atoms with van der Waals surface area (Å²) in [5.74, 6) is -0.110. The number of hydrogen-bond donors (Lipinski definition) is 1. The van der Waals surface area contributed by atoms with Gasteiger partial charge in [0, 0.05) is 11.8 Å². The fraction of sp³-hybridized carbons (Fsp3) is 0.133. The van der Waals surface area contributed by atoms with Crippen molar-refractivity contribution in [2.45, 2.75) is 25.5 Å². The summed E-state index contributed by atoms with van der Waals surface area (Å²) >= 11 is 0. The second-order valence-electron chi connectivity index (χ2n) is 8.60. The fourth-order valence-electron chi connectivity index (χ4n) is 4.42. The van der Waals surface area contributed by atoms with Crippen molar-refractivity contribution in [2.75, 3.05) is 10.2 Å². The number of rotatable bonds is 6. The number of hydrogen-bond acceptors (Lipinski definition) is 3. The van der Waals surface area contributed by atoms with Gasteiger partial charge in [0.1, 0.15) is 5.75 Å². The van der Waals surface area contributed by atoms with Gasteiger partial charge in [-0.05, 0) is 35.7 Å². The number of nitrogens with one attached hydrogen (secondary N) is 1. The van der Waals surface area contributed by atoms with Crippen LogP contribution in [0.1, 0.15) is 29.5 Å². The zero-order chi connectivity index (χ0) is 24.2. The van der Waals surface area contributed by atoms with Crippen LogP contribution in [0.15, 0.2) is 109 Å². The molecule has 4 aromatic carbocycles. The van der Waals surface area contributed by atoms with Crippen LogP contribution in [0.2, 0.25) is 0 Å². The number of nitrogens with zero attached hydrogens (tertiary/aromatic N) is 1. The number of carbonyl (C=O) groups is 2. The molecule has 0 aromatic heterocycles. The van der Waals surface area contributed by atoms with Gasteiger partial charge >= 0.3 is 0 Å². The number of anilines is 2. The van der Waals surface area contributed by atoms with E-state index in [1.54, 1.807) is 17.9 Å². The molecule has 0 saturated carbocycles. The molecule has 2 amide bonds. The lowest BCUT2D eigenvalue weighted by Gasteiger charge is -2.33. The largest absolute Gasteiger partial charge is 0.479 e. The minimum Gasteiger partial charge on any atom is -0.479 e. The van der Waals surface area contributed by atoms with Crippen LogP contribution in [0, 0.1) is 0 Å². The van der Waals surface area contributed by atoms with Crippen molar-refractivity contribution in [3.8, 4) is 5.75 Å². The van der Waals surface area contributed by atoms with E-state index in [-0.39, 0.29) is 11.8 Å². The van der Waals surface area contributed by atoms with Gasteiger partial charge in [-0.2, -0.15) is 0 Å². The standard InChI is InChI=1S/C30H26N2O3/c1-21-30(34)32(20-22-11-5-2-6-12-22)26-18-17-25(19-27(26)35-21)31-29(33)28(23-13-7-3-8-14-23)24-15-9-4-10-16-24/h2-19,21,28H,20H2,1H3,(H,31,33). The summed E-state index contributed by atoms with van der Waals surface area (Å²) in [5, 5.41) is 3.06. The average Bonchev–Trinajstić information content (AvgIpc) is 2.89. The third-order valence-corrected chi connectivity index (χ3v) is 6.15. The van der Waals surface area contributed by atoms with Gasteiger partial charge in [0.05, 0.1) is 18.2 Å². The van der Waals surface area contributed by atoms with Gasteiger partial charge in [-0.1, -0.05) is 91.0 Å². The lowest BCUT2D eigenvalue weighted by molar-refractivity contribution is -0.125. The lowest BCUT2D eigenvalue weighted by Crippen LogP contribution is -2.44. The highest BCUT2D eigenvalue weighted by molar-refractivity contribution is 6.01. The predicted octanol–water partition coefficient (Wildman–Crippen LogP) is 5.77. The van der Waals surface area contributed by atoms with E-state index in [4.69, 9.17) is 4.74 Å². The molecule has 1 atom stereocenters. The Morgan fingerprint density at radius 1 is 0.857 bits per heavy atom. The van der Waals surface area contributed by atoms with E-state index in [0.29, 0.717) is 23.7 Å². The first kappa shape index (κ1) is 22.4. The van der Waals surface area contributed by atoms with E-state index < -0.39 is 12.0 Å². The van der Waals surface area contributed by atoms with Crippen LogP contribution in [-0.2, 0) is 16.1 Å². The van der Waals surface area contributed by atoms with Crippen LogP contribution in [0.5, 0.6) is 5.75 Å². The van der Waals surface area contributed by atoms with Gasteiger partial charge in [0.25, 0.3) is 5.91 Å². The molecule has 0 spiro atoms. The van der Waals surface area contributed by atoms with Crippen LogP contribution < -0.4 is 15.0 Å². The SMILES string of the molecule is CC1Oc2cc(NC(=O)C(c3ccccc3)c3ccccc3)ccc2N(Cc2ccccc2)C1=O. The van der Waals surface area contributed by atoms with Gasteiger partial charge < -0.3 is 15.0 Å². The highest BCUT2D eigenvalue weighted by Gasteiger charge is 2.32. The number of fused-ring (bicyclic) bond motifs is 1. The zero-order valence-electron chi connectivity index (χ0n) is 19.4. The Labute approximate surface area is 205 Å². The number of amides is 2. The van der Waals surface area contributed by atoms with Crippen LogP contribution in [0.25, 0.3) is 0 Å². The fourth-order valence-corrected chi connectivity index (χ4v) is 4.42. The summed E-state index contributed by atoms with van der Waals surface area (Å²) in [6, 6.07) is 34.8. The summed E-state index contributed by atoms with van der Waals surface area (Å²) in [4.78, 5) is 28.1. The molecule has 1 heterocycles. The normalized spacial score (nSPS) is 14.9. The molecule has 0 fully saturated rings. The molecule has 0 saturated heterocycles. The Morgan fingerprint density at radius 2 is 1.43 bits per heavy atom. The van der Waals surface area contributed by atoms with E-state index in [0.717, 1.165) is 16.7 Å². The molecule has 1 aliphatic heterocycles. The Balaban J connectivity index is 1.43. The molecule has 0 aliphatic carbocycles. The average molecular weight is 463 g/mol. The van der Waals surface area contributed by atoms with Crippen LogP contribution in [-0.4, -0.2) is 17.9 Å². The van der Waals surface area contributed by atoms with Crippen LogP contribution in [0.3, 0.4) is 0 Å². The summed E-state index contributed by atoms with van der Waals surface area (Å²) in [7, 11) is 0. The van der Waals surface area contributed by atoms with Gasteiger partial charge in [-0.3, -0.25) is 9.59 Å². The topological polar surface area (TPSA) is 58.6 Å². The molecule has 5 nitrogen and oxygen atoms in total. The number of benzene rings is 4. The molecule has 5 rings (SSSR count). The van der Waals surface area contributed by atoms with Crippen molar-refractivity contribution in [1.82, 2.24) is 0 Å². The van der Waals surface area contributed by atoms with E-state index in [1.165, 1.54) is 0 Å². The van der Waals surface area contributed by atoms with Gasteiger partial charge in [-0.15, -0.1) is 0 Å². The second-order valence-corrected chi connectivity index (χ2v) is 8.60. The maximum atomic E-state index is 13.5. The Morgan fingerprint density at radius 3 is 2.03 bits per heavy atom. The summed E-state index contributed by atoms with van der Waals surface area (Å²) < 4.78 is 5.92. The first-order valence-corrected chi connectivity index (χ1v) is 11.7. The van der Waals surface area contributed by atoms with E-state index in [1.807, 2.05) is 103 Å². The monoisotopic (exact) mass is 462 g/mol. The number of carbonyl (C=O) groups excluding carboxylic acids is 2. The Kier molecular flexibility index (Phi) is 6.31. The maximum Gasteiger partial charge on any atom is 0.268 e. The van der Waals surface area contributed by atoms with Crippen molar-refractivity contribution in [3.05, 3.63) is 126 Å². The molecular formula is C30H26N2O3. The quantitative estimate of drug-likeness (QED) is 0.396. The zero-order valence-corrected chi connectivity index (χ0v) is 19.4. The minimum absolute atomic E-state index is 0.0913. The molecule has 1 unspecified atom stereocenters. The van der Waals surface area contributed by atoms with Gasteiger partial charge in [-0.25, -0.2) is 0 Å². The van der Waals surface area contributed by atoms with E-state index >= 15 is 0 Å². The van der Waals surface area contributed by atoms with Crippen LogP contribution >= 0.6 is 0 Å². The molecule has 174 valence electrons. The van der Waals surface area contributed by atoms with Crippen molar-refractivity contribution >= 4 is 23.2 Å². The van der Waals surface area contributed by atoms with Crippen molar-refractivity contribution in [2.24, 2.45) is 0 Å². The van der Waals surface area contributed by atoms with E-state index in [9.17, 15) is 9.59 Å². The van der Waals surface area contributed by atoms with Gasteiger partial charge in [0.15, 0.2) is 6.10 Å². The van der Waals surface area contributed by atoms with E-state index in [2.05, 4.69) is 5.32 Å². The van der Waals surface area contributed by atoms with Crippen molar-refractivity contribution < 1.29 is 14.3 Å². The first-order chi connectivity index (χ1) is 17.1. The Bertz CT molecular complexity index is 1280. The molecule has 1 N–H and O–H groups in total. The molecule has 0 bridgehead atoms. The number of ether oxygens (including phenoxy) is 1. The van der Waals surface area contributed by atoms with Gasteiger partial charge in [0.2, 0.25) is 5.91 Å². The summed E-state index contributed by atoms with van der Waals surface area (Å²) in [6.45, 7) is 2.20. The summed E-state index contributed by atoms with van der Waals surface area (Å²) in [6.07, 6.45) is -0.612. The third kappa shape index (κ3) is 4.80. The first-order valence-electron chi connectivity index (χ1n) is 11.7. The second kappa shape index (κ2) is 9.85. The Hall–Kier alpha value is -4.38. The smallest absolute Gasteiger partial charge is 0.268 e. The summed E-state index contributed by atoms with van der Waals surface area (Å²) in [5.41, 5.74) is 4.17. The molecule has 1 aliphatic rings. The molecular weight excluding hydrogens is 436 g/mol. The highest BCUT2D eigenvalue weighted by Crippen LogP contribution is 2.37. The van der Waals surface area contributed by atoms with Crippen molar-refractivity contribution in [3.63, 3.8) is 0 Å². The highest BCUT2D eigenvalue weighted by atomic mass is 16.5. The molecule has 35 heavy (non-hydrogen) atoms. The third-order valence-electron chi connectivity index (χ3n) is 6.15. The molecule has 0 radical (unpaired) electrons. The minimum atomic E-state index is -0.612. The maximum absolute atomic E-state index is 13.5. The van der Waals surface area contributed by atoms with Crippen molar-refractivity contribution in [1.29, 1.82) is 0 Å². The molecule has 5 heteroatoms. The molecule has 4 aromatic rings. The predicted molar refractivity (Wildman–Crippen MR) is 138 cm³/mol. The lowest BCUT2D eigenvalue weighted by atomic mass is 9.90.